The van der Waals surface area contributed by atoms with Crippen LogP contribution < -0.4 is 5.46 Å². The molecule has 2 rings (SSSR count). The Hall–Kier alpha value is -1.01. The number of aromatic nitrogens is 2. The minimum atomic E-state index is -1.52. The van der Waals surface area contributed by atoms with E-state index in [0.29, 0.717) is 22.1 Å². The molecule has 1 aromatic heterocycles. The van der Waals surface area contributed by atoms with Crippen LogP contribution in [0.5, 0.6) is 0 Å². The van der Waals surface area contributed by atoms with Crippen molar-refractivity contribution in [3.63, 3.8) is 0 Å². The Morgan fingerprint density at radius 2 is 2.06 bits per heavy atom. The van der Waals surface area contributed by atoms with Gasteiger partial charge < -0.3 is 10.0 Å². The van der Waals surface area contributed by atoms with Crippen LogP contribution in [0.3, 0.4) is 0 Å². The molecule has 1 aromatic carbocycles. The highest BCUT2D eigenvalue weighted by molar-refractivity contribution is 6.58. The normalized spacial score (nSPS) is 10.6. The van der Waals surface area contributed by atoms with E-state index in [-0.39, 0.29) is 0 Å². The lowest BCUT2D eigenvalue weighted by Gasteiger charge is -2.05. The Labute approximate surface area is 109 Å². The zero-order chi connectivity index (χ0) is 12.4. The molecule has 0 atom stereocenters. The number of rotatable bonds is 3. The summed E-state index contributed by atoms with van der Waals surface area (Å²) >= 11 is 11.9. The van der Waals surface area contributed by atoms with E-state index in [1.165, 1.54) is 6.20 Å². The molecule has 0 fully saturated rings. The second kappa shape index (κ2) is 5.10. The van der Waals surface area contributed by atoms with Gasteiger partial charge in [0.15, 0.2) is 0 Å². The molecule has 0 aliphatic heterocycles. The van der Waals surface area contributed by atoms with Gasteiger partial charge in [0, 0.05) is 17.9 Å². The summed E-state index contributed by atoms with van der Waals surface area (Å²) in [4.78, 5) is 0. The minimum absolute atomic E-state index is 0.336. The summed E-state index contributed by atoms with van der Waals surface area (Å²) in [6.45, 7) is 0.423. The third-order valence-corrected chi connectivity index (χ3v) is 3.17. The van der Waals surface area contributed by atoms with E-state index in [9.17, 15) is 0 Å². The summed E-state index contributed by atoms with van der Waals surface area (Å²) in [5, 5.41) is 22.9. The predicted octanol–water partition coefficient (Wildman–Crippen LogP) is 0.918. The van der Waals surface area contributed by atoms with Gasteiger partial charge in [0.1, 0.15) is 0 Å². The van der Waals surface area contributed by atoms with Crippen molar-refractivity contribution in [2.24, 2.45) is 0 Å². The van der Waals surface area contributed by atoms with E-state index in [2.05, 4.69) is 5.10 Å². The third kappa shape index (κ3) is 2.81. The van der Waals surface area contributed by atoms with E-state index >= 15 is 0 Å². The zero-order valence-electron chi connectivity index (χ0n) is 8.72. The smallest absolute Gasteiger partial charge is 0.423 e. The molecular formula is C10H9BCl2N2O2. The second-order valence-electron chi connectivity index (χ2n) is 3.56. The molecule has 0 aliphatic rings. The van der Waals surface area contributed by atoms with E-state index in [0.717, 1.165) is 5.56 Å². The van der Waals surface area contributed by atoms with Crippen molar-refractivity contribution in [2.75, 3.05) is 0 Å². The summed E-state index contributed by atoms with van der Waals surface area (Å²) in [6.07, 6.45) is 2.94. The van der Waals surface area contributed by atoms with Crippen molar-refractivity contribution >= 4 is 35.8 Å². The molecule has 0 spiro atoms. The number of nitrogens with zero attached hydrogens (tertiary/aromatic N) is 2. The lowest BCUT2D eigenvalue weighted by atomic mass is 9.83. The van der Waals surface area contributed by atoms with Crippen molar-refractivity contribution in [1.29, 1.82) is 0 Å². The summed E-state index contributed by atoms with van der Waals surface area (Å²) < 4.78 is 1.56. The standard InChI is InChI=1S/C10H9BCl2N2O2/c12-9-3-1-2-7(10(9)13)5-15-6-8(4-14-15)11(16)17/h1-4,6,16-17H,5H2. The fraction of sp³-hybridized carbons (Fsp3) is 0.100. The SMILES string of the molecule is OB(O)c1cnn(Cc2cccc(Cl)c2Cl)c1. The Kier molecular flexibility index (Phi) is 3.74. The molecule has 4 nitrogen and oxygen atoms in total. The molecule has 0 unspecified atom stereocenters. The Bertz CT molecular complexity index is 531. The van der Waals surface area contributed by atoms with Gasteiger partial charge in [0.25, 0.3) is 0 Å². The molecule has 0 saturated carbocycles. The van der Waals surface area contributed by atoms with Crippen LogP contribution in [-0.2, 0) is 6.54 Å². The first-order chi connectivity index (χ1) is 8.08. The van der Waals surface area contributed by atoms with Gasteiger partial charge in [-0.05, 0) is 11.6 Å². The number of hydrogen-bond donors (Lipinski definition) is 2. The van der Waals surface area contributed by atoms with Crippen molar-refractivity contribution in [3.05, 3.63) is 46.2 Å². The van der Waals surface area contributed by atoms with Crippen LogP contribution >= 0.6 is 23.2 Å². The molecule has 0 radical (unpaired) electrons. The van der Waals surface area contributed by atoms with Gasteiger partial charge in [-0.2, -0.15) is 5.10 Å². The van der Waals surface area contributed by atoms with E-state index < -0.39 is 7.12 Å². The van der Waals surface area contributed by atoms with Crippen LogP contribution in [0.1, 0.15) is 5.56 Å². The molecule has 0 amide bonds. The van der Waals surface area contributed by atoms with Gasteiger partial charge in [0.2, 0.25) is 0 Å². The predicted molar refractivity (Wildman–Crippen MR) is 67.6 cm³/mol. The summed E-state index contributed by atoms with van der Waals surface area (Å²) in [5.74, 6) is 0. The lowest BCUT2D eigenvalue weighted by molar-refractivity contribution is 0.425. The van der Waals surface area contributed by atoms with Gasteiger partial charge in [-0.15, -0.1) is 0 Å². The van der Waals surface area contributed by atoms with Crippen LogP contribution in [0.4, 0.5) is 0 Å². The van der Waals surface area contributed by atoms with E-state index in [1.807, 2.05) is 6.07 Å². The van der Waals surface area contributed by atoms with Gasteiger partial charge in [-0.3, -0.25) is 4.68 Å². The maximum Gasteiger partial charge on any atom is 0.491 e. The topological polar surface area (TPSA) is 58.3 Å². The average molecular weight is 271 g/mol. The molecule has 0 bridgehead atoms. The van der Waals surface area contributed by atoms with Gasteiger partial charge in [-0.1, -0.05) is 35.3 Å². The number of halogens is 2. The molecule has 17 heavy (non-hydrogen) atoms. The third-order valence-electron chi connectivity index (χ3n) is 2.32. The first kappa shape index (κ1) is 12.5. The van der Waals surface area contributed by atoms with Gasteiger partial charge in [-0.25, -0.2) is 0 Å². The summed E-state index contributed by atoms with van der Waals surface area (Å²) in [7, 11) is -1.52. The Morgan fingerprint density at radius 1 is 1.29 bits per heavy atom. The van der Waals surface area contributed by atoms with Crippen LogP contribution in [0, 0.1) is 0 Å². The van der Waals surface area contributed by atoms with Crippen LogP contribution in [0.25, 0.3) is 0 Å². The van der Waals surface area contributed by atoms with Crippen LogP contribution in [0.2, 0.25) is 10.0 Å². The minimum Gasteiger partial charge on any atom is -0.423 e. The van der Waals surface area contributed by atoms with Crippen LogP contribution in [0.15, 0.2) is 30.6 Å². The lowest BCUT2D eigenvalue weighted by Crippen LogP contribution is -2.28. The highest BCUT2D eigenvalue weighted by atomic mass is 35.5. The summed E-state index contributed by atoms with van der Waals surface area (Å²) in [6, 6.07) is 5.35. The van der Waals surface area contributed by atoms with E-state index in [4.69, 9.17) is 33.2 Å². The highest BCUT2D eigenvalue weighted by Crippen LogP contribution is 2.25. The summed E-state index contributed by atoms with van der Waals surface area (Å²) in [5.41, 5.74) is 1.16. The van der Waals surface area contributed by atoms with E-state index in [1.54, 1.807) is 23.0 Å². The van der Waals surface area contributed by atoms with Crippen LogP contribution in [-0.4, -0.2) is 26.9 Å². The maximum absolute atomic E-state index is 8.96. The van der Waals surface area contributed by atoms with Gasteiger partial charge in [0.05, 0.1) is 16.6 Å². The van der Waals surface area contributed by atoms with Crippen molar-refractivity contribution < 1.29 is 10.0 Å². The van der Waals surface area contributed by atoms with Crippen molar-refractivity contribution in [1.82, 2.24) is 9.78 Å². The number of hydrogen-bond acceptors (Lipinski definition) is 3. The van der Waals surface area contributed by atoms with Crippen molar-refractivity contribution in [2.45, 2.75) is 6.54 Å². The molecule has 7 heteroatoms. The second-order valence-corrected chi connectivity index (χ2v) is 4.34. The molecule has 2 N–H and O–H groups in total. The monoisotopic (exact) mass is 270 g/mol. The fourth-order valence-corrected chi connectivity index (χ4v) is 1.82. The van der Waals surface area contributed by atoms with Gasteiger partial charge >= 0.3 is 7.12 Å². The molecule has 0 saturated heterocycles. The molecule has 0 aliphatic carbocycles. The first-order valence-corrected chi connectivity index (χ1v) is 5.65. The Balaban J connectivity index is 2.22. The fourth-order valence-electron chi connectivity index (χ4n) is 1.44. The van der Waals surface area contributed by atoms with Crippen molar-refractivity contribution in [3.8, 4) is 0 Å². The number of benzene rings is 1. The molecule has 88 valence electrons. The average Bonchev–Trinajstić information content (AvgIpc) is 2.73. The zero-order valence-corrected chi connectivity index (χ0v) is 10.2. The largest absolute Gasteiger partial charge is 0.491 e. The maximum atomic E-state index is 8.96. The molecule has 1 heterocycles. The molecular weight excluding hydrogens is 262 g/mol. The Morgan fingerprint density at radius 3 is 2.71 bits per heavy atom. The first-order valence-electron chi connectivity index (χ1n) is 4.89. The quantitative estimate of drug-likeness (QED) is 0.816. The highest BCUT2D eigenvalue weighted by Gasteiger charge is 2.13. The molecule has 2 aromatic rings.